The summed E-state index contributed by atoms with van der Waals surface area (Å²) in [6.07, 6.45) is 0. The van der Waals surface area contributed by atoms with Crippen LogP contribution >= 0.6 is 0 Å². The van der Waals surface area contributed by atoms with Crippen LogP contribution in [0.4, 0.5) is 0 Å². The smallest absolute Gasteiger partial charge is 0.141 e. The Kier molecular flexibility index (Phi) is 2.95. The minimum absolute atomic E-state index is 0.546. The molecule has 2 aromatic heterocycles. The summed E-state index contributed by atoms with van der Waals surface area (Å²) in [7, 11) is 0. The highest BCUT2D eigenvalue weighted by Gasteiger charge is 2.21. The van der Waals surface area contributed by atoms with E-state index in [1.54, 1.807) is 0 Å². The van der Waals surface area contributed by atoms with Gasteiger partial charge in [-0.25, -0.2) is 4.98 Å². The van der Waals surface area contributed by atoms with Gasteiger partial charge in [0.05, 0.1) is 16.9 Å². The Morgan fingerprint density at radius 2 is 1.88 bits per heavy atom. The highest BCUT2D eigenvalue weighted by atomic mass is 16.5. The SMILES string of the molecule is Cc1noc(C)c1-c1ccc2c(c1)-c1nc3ccccc3cc1CO2. The Balaban J connectivity index is 1.75. The molecule has 0 spiro atoms. The average Bonchev–Trinajstić information content (AvgIpc) is 2.98. The number of nitrogens with zero attached hydrogens (tertiary/aromatic N) is 2. The van der Waals surface area contributed by atoms with Crippen molar-refractivity contribution in [1.82, 2.24) is 10.1 Å². The molecule has 0 saturated carbocycles. The van der Waals surface area contributed by atoms with Crippen LogP contribution in [0.25, 0.3) is 33.3 Å². The summed E-state index contributed by atoms with van der Waals surface area (Å²) >= 11 is 0. The molecule has 4 nitrogen and oxygen atoms in total. The van der Waals surface area contributed by atoms with Crippen LogP contribution in [0.3, 0.4) is 0 Å². The van der Waals surface area contributed by atoms with Crippen molar-refractivity contribution in [2.75, 3.05) is 0 Å². The molecule has 3 heterocycles. The van der Waals surface area contributed by atoms with Crippen LogP contribution in [0.1, 0.15) is 17.0 Å². The van der Waals surface area contributed by atoms with Gasteiger partial charge in [0.1, 0.15) is 18.1 Å². The molecule has 1 aliphatic heterocycles. The Labute approximate surface area is 145 Å². The Morgan fingerprint density at radius 3 is 2.72 bits per heavy atom. The number of fused-ring (bicyclic) bond motifs is 4. The number of pyridine rings is 1. The maximum Gasteiger partial charge on any atom is 0.141 e. The first-order valence-corrected chi connectivity index (χ1v) is 8.30. The van der Waals surface area contributed by atoms with Crippen LogP contribution in [-0.4, -0.2) is 10.1 Å². The maximum absolute atomic E-state index is 5.95. The van der Waals surface area contributed by atoms with Gasteiger partial charge >= 0.3 is 0 Å². The summed E-state index contributed by atoms with van der Waals surface area (Å²) in [5.74, 6) is 1.69. The number of aryl methyl sites for hydroxylation is 2. The molecule has 0 N–H and O–H groups in total. The van der Waals surface area contributed by atoms with E-state index in [0.717, 1.165) is 56.1 Å². The van der Waals surface area contributed by atoms with Gasteiger partial charge in [0, 0.05) is 22.1 Å². The summed E-state index contributed by atoms with van der Waals surface area (Å²) in [5.41, 5.74) is 7.12. The molecule has 122 valence electrons. The quantitative estimate of drug-likeness (QED) is 0.490. The number of rotatable bonds is 1. The highest BCUT2D eigenvalue weighted by Crippen LogP contribution is 2.40. The molecule has 0 amide bonds. The Morgan fingerprint density at radius 1 is 1.00 bits per heavy atom. The summed E-state index contributed by atoms with van der Waals surface area (Å²) in [4.78, 5) is 4.91. The lowest BCUT2D eigenvalue weighted by Crippen LogP contribution is -2.07. The number of para-hydroxylation sites is 1. The number of ether oxygens (including phenoxy) is 1. The molecule has 1 aliphatic rings. The van der Waals surface area contributed by atoms with Gasteiger partial charge in [-0.3, -0.25) is 0 Å². The van der Waals surface area contributed by atoms with E-state index in [0.29, 0.717) is 6.61 Å². The second-order valence-electron chi connectivity index (χ2n) is 6.39. The van der Waals surface area contributed by atoms with Crippen LogP contribution in [0, 0.1) is 13.8 Å². The third kappa shape index (κ3) is 2.14. The summed E-state index contributed by atoms with van der Waals surface area (Å²) < 4.78 is 11.3. The first kappa shape index (κ1) is 14.2. The van der Waals surface area contributed by atoms with Gasteiger partial charge in [0.15, 0.2) is 0 Å². The lowest BCUT2D eigenvalue weighted by Gasteiger charge is -2.21. The fourth-order valence-corrected chi connectivity index (χ4v) is 3.55. The topological polar surface area (TPSA) is 48.2 Å². The number of hydrogen-bond donors (Lipinski definition) is 0. The van der Waals surface area contributed by atoms with E-state index in [-0.39, 0.29) is 0 Å². The van der Waals surface area contributed by atoms with Crippen molar-refractivity contribution >= 4 is 10.9 Å². The minimum atomic E-state index is 0.546. The predicted molar refractivity (Wildman–Crippen MR) is 96.5 cm³/mol. The second-order valence-corrected chi connectivity index (χ2v) is 6.39. The van der Waals surface area contributed by atoms with E-state index < -0.39 is 0 Å². The van der Waals surface area contributed by atoms with Crippen molar-refractivity contribution in [1.29, 1.82) is 0 Å². The highest BCUT2D eigenvalue weighted by molar-refractivity contribution is 5.86. The molecule has 4 aromatic rings. The molecule has 0 bridgehead atoms. The van der Waals surface area contributed by atoms with Gasteiger partial charge in [0.2, 0.25) is 0 Å². The van der Waals surface area contributed by atoms with Crippen molar-refractivity contribution < 1.29 is 9.26 Å². The normalized spacial score (nSPS) is 12.6. The molecule has 5 rings (SSSR count). The number of hydrogen-bond acceptors (Lipinski definition) is 4. The largest absolute Gasteiger partial charge is 0.488 e. The fraction of sp³-hybridized carbons (Fsp3) is 0.143. The van der Waals surface area contributed by atoms with Gasteiger partial charge in [0.25, 0.3) is 0 Å². The average molecular weight is 328 g/mol. The Hall–Kier alpha value is -3.14. The minimum Gasteiger partial charge on any atom is -0.488 e. The molecule has 25 heavy (non-hydrogen) atoms. The van der Waals surface area contributed by atoms with E-state index >= 15 is 0 Å². The predicted octanol–water partition coefficient (Wildman–Crippen LogP) is 5.07. The molecule has 0 fully saturated rings. The van der Waals surface area contributed by atoms with Gasteiger partial charge in [-0.05, 0) is 43.7 Å². The van der Waals surface area contributed by atoms with Crippen LogP contribution in [0.15, 0.2) is 53.1 Å². The van der Waals surface area contributed by atoms with E-state index in [4.69, 9.17) is 14.2 Å². The van der Waals surface area contributed by atoms with Crippen LogP contribution in [0.2, 0.25) is 0 Å². The standard InChI is InChI=1S/C21H16N2O2/c1-12-20(13(2)25-23-12)15-7-8-19-17(10-15)21-16(11-24-19)9-14-5-3-4-6-18(14)22-21/h3-10H,11H2,1-2H3. The van der Waals surface area contributed by atoms with Gasteiger partial charge < -0.3 is 9.26 Å². The maximum atomic E-state index is 5.95. The zero-order chi connectivity index (χ0) is 17.0. The zero-order valence-corrected chi connectivity index (χ0v) is 14.0. The first-order chi connectivity index (χ1) is 12.2. The molecule has 0 saturated heterocycles. The molecule has 2 aromatic carbocycles. The molecular formula is C21H16N2O2. The van der Waals surface area contributed by atoms with Crippen molar-refractivity contribution in [2.24, 2.45) is 0 Å². The summed E-state index contributed by atoms with van der Waals surface area (Å²) in [6, 6.07) is 16.5. The van der Waals surface area contributed by atoms with Crippen molar-refractivity contribution in [2.45, 2.75) is 20.5 Å². The van der Waals surface area contributed by atoms with Crippen molar-refractivity contribution in [3.63, 3.8) is 0 Å². The van der Waals surface area contributed by atoms with E-state index in [1.807, 2.05) is 38.1 Å². The summed E-state index contributed by atoms with van der Waals surface area (Å²) in [5, 5.41) is 5.20. The van der Waals surface area contributed by atoms with E-state index in [2.05, 4.69) is 29.4 Å². The van der Waals surface area contributed by atoms with Gasteiger partial charge in [-0.2, -0.15) is 0 Å². The van der Waals surface area contributed by atoms with E-state index in [1.165, 1.54) is 0 Å². The lowest BCUT2D eigenvalue weighted by molar-refractivity contribution is 0.302. The van der Waals surface area contributed by atoms with Gasteiger partial charge in [-0.15, -0.1) is 0 Å². The number of benzene rings is 2. The van der Waals surface area contributed by atoms with Gasteiger partial charge in [-0.1, -0.05) is 29.4 Å². The molecule has 0 radical (unpaired) electrons. The van der Waals surface area contributed by atoms with Crippen molar-refractivity contribution in [3.05, 3.63) is 65.5 Å². The fourth-order valence-electron chi connectivity index (χ4n) is 3.55. The first-order valence-electron chi connectivity index (χ1n) is 8.30. The van der Waals surface area contributed by atoms with E-state index in [9.17, 15) is 0 Å². The van der Waals surface area contributed by atoms with Crippen molar-refractivity contribution in [3.8, 4) is 28.1 Å². The second kappa shape index (κ2) is 5.18. The van der Waals surface area contributed by atoms with Crippen LogP contribution in [0.5, 0.6) is 5.75 Å². The number of aromatic nitrogens is 2. The monoisotopic (exact) mass is 328 g/mol. The zero-order valence-electron chi connectivity index (χ0n) is 14.0. The lowest BCUT2D eigenvalue weighted by atomic mass is 9.96. The Bertz CT molecular complexity index is 1110. The third-order valence-corrected chi connectivity index (χ3v) is 4.74. The van der Waals surface area contributed by atoms with Crippen LogP contribution < -0.4 is 4.74 Å². The van der Waals surface area contributed by atoms with Crippen LogP contribution in [-0.2, 0) is 6.61 Å². The molecule has 4 heteroatoms. The third-order valence-electron chi connectivity index (χ3n) is 4.74. The molecule has 0 aliphatic carbocycles. The molecular weight excluding hydrogens is 312 g/mol. The summed E-state index contributed by atoms with van der Waals surface area (Å²) in [6.45, 7) is 4.44. The molecule has 0 unspecified atom stereocenters. The molecule has 0 atom stereocenters.